The molecule has 0 bridgehead atoms. The summed E-state index contributed by atoms with van der Waals surface area (Å²) >= 11 is 0. The molecule has 1 amide bonds. The molecule has 0 aliphatic heterocycles. The van der Waals surface area contributed by atoms with Gasteiger partial charge >= 0.3 is 0 Å². The van der Waals surface area contributed by atoms with Crippen molar-refractivity contribution in [2.24, 2.45) is 5.73 Å². The van der Waals surface area contributed by atoms with Gasteiger partial charge in [0.25, 0.3) is 5.91 Å². The minimum Gasteiger partial charge on any atom is -0.379 e. The molecule has 0 spiro atoms. The molecule has 0 aliphatic rings. The maximum Gasteiger partial charge on any atom is 0.269 e. The van der Waals surface area contributed by atoms with E-state index in [1.54, 1.807) is 12.1 Å². The van der Waals surface area contributed by atoms with E-state index in [2.05, 4.69) is 16.9 Å². The molecule has 4 nitrogen and oxygen atoms in total. The van der Waals surface area contributed by atoms with E-state index in [4.69, 9.17) is 5.73 Å². The predicted molar refractivity (Wildman–Crippen MR) is 56.1 cm³/mol. The smallest absolute Gasteiger partial charge is 0.269 e. The van der Waals surface area contributed by atoms with Gasteiger partial charge in [0.1, 0.15) is 0 Å². The Morgan fingerprint density at radius 2 is 2.43 bits per heavy atom. The second-order valence-corrected chi connectivity index (χ2v) is 3.07. The lowest BCUT2D eigenvalue weighted by molar-refractivity contribution is 0.0996. The highest BCUT2D eigenvalue weighted by atomic mass is 16.1. The van der Waals surface area contributed by atoms with Crippen LogP contribution < -0.4 is 11.1 Å². The zero-order valence-corrected chi connectivity index (χ0v) is 8.08. The maximum absolute atomic E-state index is 11.0. The molecule has 0 radical (unpaired) electrons. The Labute approximate surface area is 82.8 Å². The third-order valence-electron chi connectivity index (χ3n) is 1.62. The summed E-state index contributed by atoms with van der Waals surface area (Å²) in [5.74, 6) is -0.533. The van der Waals surface area contributed by atoms with E-state index in [-0.39, 0.29) is 5.69 Å². The first kappa shape index (κ1) is 10.2. The van der Waals surface area contributed by atoms with Gasteiger partial charge < -0.3 is 11.1 Å². The molecule has 0 saturated carbocycles. The highest BCUT2D eigenvalue weighted by Gasteiger charge is 2.07. The predicted octanol–water partition coefficient (Wildman–Crippen LogP) is 1.17. The van der Waals surface area contributed by atoms with Crippen molar-refractivity contribution in [2.45, 2.75) is 6.92 Å². The van der Waals surface area contributed by atoms with Gasteiger partial charge in [-0.2, -0.15) is 0 Å². The third-order valence-corrected chi connectivity index (χ3v) is 1.62. The zero-order valence-electron chi connectivity index (χ0n) is 8.08. The molecular weight excluding hydrogens is 178 g/mol. The van der Waals surface area contributed by atoms with Crippen molar-refractivity contribution in [3.05, 3.63) is 36.2 Å². The monoisotopic (exact) mass is 191 g/mol. The number of nitrogens with two attached hydrogens (primary N) is 1. The molecule has 0 saturated heterocycles. The van der Waals surface area contributed by atoms with Crippen LogP contribution in [0, 0.1) is 0 Å². The lowest BCUT2D eigenvalue weighted by atomic mass is 10.2. The van der Waals surface area contributed by atoms with E-state index in [0.29, 0.717) is 12.2 Å². The number of nitrogens with zero attached hydrogens (tertiary/aromatic N) is 1. The largest absolute Gasteiger partial charge is 0.379 e. The summed E-state index contributed by atoms with van der Waals surface area (Å²) in [4.78, 5) is 14.9. The van der Waals surface area contributed by atoms with E-state index in [0.717, 1.165) is 5.57 Å². The summed E-state index contributed by atoms with van der Waals surface area (Å²) in [5, 5.41) is 3.03. The van der Waals surface area contributed by atoms with Crippen LogP contribution in [0.3, 0.4) is 0 Å². The number of anilines is 1. The number of carbonyl (C=O) groups is 1. The van der Waals surface area contributed by atoms with E-state index >= 15 is 0 Å². The molecule has 74 valence electrons. The van der Waals surface area contributed by atoms with E-state index in [9.17, 15) is 4.79 Å². The van der Waals surface area contributed by atoms with Crippen LogP contribution in [-0.2, 0) is 0 Å². The van der Waals surface area contributed by atoms with Gasteiger partial charge in [-0.15, -0.1) is 0 Å². The summed E-state index contributed by atoms with van der Waals surface area (Å²) in [5.41, 5.74) is 7.03. The first-order valence-corrected chi connectivity index (χ1v) is 4.24. The first-order chi connectivity index (χ1) is 6.61. The van der Waals surface area contributed by atoms with Crippen molar-refractivity contribution in [3.8, 4) is 0 Å². The van der Waals surface area contributed by atoms with Crippen LogP contribution in [-0.4, -0.2) is 17.4 Å². The first-order valence-electron chi connectivity index (χ1n) is 4.24. The fourth-order valence-electron chi connectivity index (χ4n) is 0.990. The number of pyridine rings is 1. The third kappa shape index (κ3) is 2.58. The van der Waals surface area contributed by atoms with Gasteiger partial charge in [-0.25, -0.2) is 4.98 Å². The van der Waals surface area contributed by atoms with Crippen LogP contribution in [0.5, 0.6) is 0 Å². The minimum atomic E-state index is -0.533. The summed E-state index contributed by atoms with van der Waals surface area (Å²) in [7, 11) is 0. The molecule has 0 fully saturated rings. The van der Waals surface area contributed by atoms with E-state index in [1.807, 2.05) is 6.92 Å². The summed E-state index contributed by atoms with van der Waals surface area (Å²) in [6.45, 7) is 6.24. The van der Waals surface area contributed by atoms with Gasteiger partial charge in [-0.05, 0) is 19.1 Å². The fourth-order valence-corrected chi connectivity index (χ4v) is 0.990. The highest BCUT2D eigenvalue weighted by molar-refractivity contribution is 5.96. The van der Waals surface area contributed by atoms with Crippen molar-refractivity contribution in [3.63, 3.8) is 0 Å². The highest BCUT2D eigenvalue weighted by Crippen LogP contribution is 2.11. The molecular formula is C10H13N3O. The number of nitrogens with one attached hydrogen (secondary N) is 1. The molecule has 4 heteroatoms. The fraction of sp³-hybridized carbons (Fsp3) is 0.200. The van der Waals surface area contributed by atoms with Crippen molar-refractivity contribution in [2.75, 3.05) is 11.9 Å². The standard InChI is InChI=1S/C10H13N3O/c1-7(2)6-13-8-4-3-5-12-9(8)10(11)14/h3-5,13H,1,6H2,2H3,(H2,11,14). The lowest BCUT2D eigenvalue weighted by Crippen LogP contribution is -2.16. The quantitative estimate of drug-likeness (QED) is 0.702. The van der Waals surface area contributed by atoms with Crippen LogP contribution in [0.1, 0.15) is 17.4 Å². The van der Waals surface area contributed by atoms with Crippen LogP contribution in [0.4, 0.5) is 5.69 Å². The number of hydrogen-bond donors (Lipinski definition) is 2. The molecule has 1 aromatic rings. The van der Waals surface area contributed by atoms with Crippen LogP contribution in [0.25, 0.3) is 0 Å². The number of carbonyl (C=O) groups excluding carboxylic acids is 1. The van der Waals surface area contributed by atoms with Crippen molar-refractivity contribution < 1.29 is 4.79 Å². The Balaban J connectivity index is 2.84. The number of aromatic nitrogens is 1. The zero-order chi connectivity index (χ0) is 10.6. The minimum absolute atomic E-state index is 0.258. The van der Waals surface area contributed by atoms with E-state index in [1.165, 1.54) is 6.20 Å². The maximum atomic E-state index is 11.0. The Morgan fingerprint density at radius 1 is 1.71 bits per heavy atom. The van der Waals surface area contributed by atoms with E-state index < -0.39 is 5.91 Å². The van der Waals surface area contributed by atoms with Crippen molar-refractivity contribution >= 4 is 11.6 Å². The lowest BCUT2D eigenvalue weighted by Gasteiger charge is -2.08. The van der Waals surface area contributed by atoms with Crippen LogP contribution in [0.2, 0.25) is 0 Å². The van der Waals surface area contributed by atoms with Gasteiger partial charge in [-0.1, -0.05) is 12.2 Å². The van der Waals surface area contributed by atoms with Gasteiger partial charge in [0.05, 0.1) is 5.69 Å². The second-order valence-electron chi connectivity index (χ2n) is 3.07. The number of primary amides is 1. The second kappa shape index (κ2) is 4.41. The topological polar surface area (TPSA) is 68.0 Å². The molecule has 3 N–H and O–H groups in total. The van der Waals surface area contributed by atoms with Gasteiger partial charge in [-0.3, -0.25) is 4.79 Å². The summed E-state index contributed by atoms with van der Waals surface area (Å²) in [6, 6.07) is 3.50. The average molecular weight is 191 g/mol. The summed E-state index contributed by atoms with van der Waals surface area (Å²) < 4.78 is 0. The van der Waals surface area contributed by atoms with Gasteiger partial charge in [0, 0.05) is 12.7 Å². The molecule has 1 heterocycles. The van der Waals surface area contributed by atoms with Crippen LogP contribution >= 0.6 is 0 Å². The molecule has 0 aliphatic carbocycles. The normalized spacial score (nSPS) is 9.50. The Kier molecular flexibility index (Phi) is 3.23. The summed E-state index contributed by atoms with van der Waals surface area (Å²) in [6.07, 6.45) is 1.53. The Hall–Kier alpha value is -1.84. The van der Waals surface area contributed by atoms with Crippen molar-refractivity contribution in [1.82, 2.24) is 4.98 Å². The van der Waals surface area contributed by atoms with Crippen molar-refractivity contribution in [1.29, 1.82) is 0 Å². The molecule has 1 aromatic heterocycles. The molecule has 1 rings (SSSR count). The molecule has 0 atom stereocenters. The Bertz CT molecular complexity index is 360. The number of amides is 1. The van der Waals surface area contributed by atoms with Crippen LogP contribution in [0.15, 0.2) is 30.5 Å². The Morgan fingerprint density at radius 3 is 3.00 bits per heavy atom. The molecule has 0 aromatic carbocycles. The van der Waals surface area contributed by atoms with Gasteiger partial charge in [0.15, 0.2) is 5.69 Å². The number of rotatable bonds is 4. The molecule has 0 unspecified atom stereocenters. The SMILES string of the molecule is C=C(C)CNc1cccnc1C(N)=O. The molecule has 14 heavy (non-hydrogen) atoms. The average Bonchev–Trinajstić information content (AvgIpc) is 2.15. The number of hydrogen-bond acceptors (Lipinski definition) is 3. The van der Waals surface area contributed by atoms with Gasteiger partial charge in [0.2, 0.25) is 0 Å².